The number of aromatic nitrogens is 1. The number of hydrogen-bond acceptors (Lipinski definition) is 4. The van der Waals surface area contributed by atoms with Gasteiger partial charge < -0.3 is 9.63 Å². The summed E-state index contributed by atoms with van der Waals surface area (Å²) in [5, 5.41) is 14.6. The highest BCUT2D eigenvalue weighted by Gasteiger charge is 2.61. The zero-order valence-electron chi connectivity index (χ0n) is 17.6. The third-order valence-corrected chi connectivity index (χ3v) is 9.96. The van der Waals surface area contributed by atoms with Gasteiger partial charge in [-0.1, -0.05) is 19.0 Å². The van der Waals surface area contributed by atoms with Gasteiger partial charge in [0, 0.05) is 12.0 Å². The fraction of sp³-hybridized carbons (Fsp3) is 0.833. The second-order valence-electron chi connectivity index (χ2n) is 11.3. The second kappa shape index (κ2) is 6.17. The third kappa shape index (κ3) is 2.59. The van der Waals surface area contributed by atoms with Gasteiger partial charge in [-0.15, -0.1) is 0 Å². The fourth-order valence-corrected chi connectivity index (χ4v) is 8.42. The Balaban J connectivity index is 1.41. The van der Waals surface area contributed by atoms with Crippen molar-refractivity contribution >= 4 is 6.29 Å². The molecule has 4 saturated carbocycles. The van der Waals surface area contributed by atoms with E-state index in [0.29, 0.717) is 22.9 Å². The molecule has 0 saturated heterocycles. The zero-order chi connectivity index (χ0) is 19.7. The molecule has 8 atom stereocenters. The summed E-state index contributed by atoms with van der Waals surface area (Å²) < 4.78 is 5.61. The lowest BCUT2D eigenvalue weighted by Gasteiger charge is -2.61. The molecule has 4 fully saturated rings. The zero-order valence-corrected chi connectivity index (χ0v) is 17.6. The van der Waals surface area contributed by atoms with Crippen LogP contribution in [0, 0.1) is 34.5 Å². The summed E-state index contributed by atoms with van der Waals surface area (Å²) in [5.41, 5.74) is 0.644. The Hall–Kier alpha value is -1.16. The molecule has 1 aromatic heterocycles. The molecule has 4 nitrogen and oxygen atoms in total. The molecule has 1 heterocycles. The Kier molecular flexibility index (Phi) is 4.15. The Labute approximate surface area is 168 Å². The van der Waals surface area contributed by atoms with Crippen molar-refractivity contribution in [3.05, 3.63) is 17.5 Å². The van der Waals surface area contributed by atoms with Crippen LogP contribution in [0.5, 0.6) is 0 Å². The average molecular weight is 386 g/mol. The second-order valence-corrected chi connectivity index (χ2v) is 11.3. The molecule has 5 rings (SSSR count). The molecular formula is C24H35NO3. The lowest BCUT2D eigenvalue weighted by Crippen LogP contribution is -2.55. The van der Waals surface area contributed by atoms with Gasteiger partial charge >= 0.3 is 0 Å². The summed E-state index contributed by atoms with van der Waals surface area (Å²) in [6.45, 7) is 7.07. The van der Waals surface area contributed by atoms with E-state index in [-0.39, 0.29) is 5.41 Å². The van der Waals surface area contributed by atoms with Crippen molar-refractivity contribution in [3.63, 3.8) is 0 Å². The van der Waals surface area contributed by atoms with Gasteiger partial charge in [0.15, 0.2) is 6.29 Å². The van der Waals surface area contributed by atoms with Crippen molar-refractivity contribution in [1.82, 2.24) is 5.16 Å². The van der Waals surface area contributed by atoms with Crippen molar-refractivity contribution < 1.29 is 14.4 Å². The van der Waals surface area contributed by atoms with Crippen LogP contribution in [0.1, 0.15) is 101 Å². The number of rotatable bonds is 2. The van der Waals surface area contributed by atoms with E-state index in [1.54, 1.807) is 0 Å². The van der Waals surface area contributed by atoms with Gasteiger partial charge in [0.1, 0.15) is 11.5 Å². The summed E-state index contributed by atoms with van der Waals surface area (Å²) >= 11 is 0. The number of carbonyl (C=O) groups excluding carboxylic acids is 1. The minimum absolute atomic E-state index is 0.268. The molecule has 154 valence electrons. The number of carbonyl (C=O) groups is 1. The molecule has 0 amide bonds. The Bertz CT molecular complexity index is 770. The van der Waals surface area contributed by atoms with E-state index in [9.17, 15) is 9.90 Å². The summed E-state index contributed by atoms with van der Waals surface area (Å²) in [7, 11) is 0. The van der Waals surface area contributed by atoms with Crippen LogP contribution in [0.15, 0.2) is 10.6 Å². The molecule has 4 aliphatic rings. The van der Waals surface area contributed by atoms with Crippen LogP contribution in [0.3, 0.4) is 0 Å². The third-order valence-electron chi connectivity index (χ3n) is 9.96. The predicted octanol–water partition coefficient (Wildman–Crippen LogP) is 5.36. The molecule has 0 spiro atoms. The fourth-order valence-electron chi connectivity index (χ4n) is 8.42. The summed E-state index contributed by atoms with van der Waals surface area (Å²) in [5.74, 6) is 4.38. The van der Waals surface area contributed by atoms with E-state index in [1.165, 1.54) is 38.5 Å². The smallest absolute Gasteiger partial charge is 0.171 e. The summed E-state index contributed by atoms with van der Waals surface area (Å²) in [6, 6.07) is 1.87. The lowest BCUT2D eigenvalue weighted by molar-refractivity contribution is -0.144. The van der Waals surface area contributed by atoms with E-state index < -0.39 is 5.60 Å². The normalized spacial score (nSPS) is 50.5. The van der Waals surface area contributed by atoms with Gasteiger partial charge in [0.25, 0.3) is 0 Å². The molecule has 0 bridgehead atoms. The van der Waals surface area contributed by atoms with Crippen LogP contribution < -0.4 is 0 Å². The molecular weight excluding hydrogens is 350 g/mol. The molecule has 1 aromatic rings. The topological polar surface area (TPSA) is 63.3 Å². The van der Waals surface area contributed by atoms with E-state index in [0.717, 1.165) is 49.1 Å². The quantitative estimate of drug-likeness (QED) is 0.696. The van der Waals surface area contributed by atoms with Crippen LogP contribution in [-0.4, -0.2) is 22.2 Å². The Morgan fingerprint density at radius 2 is 1.82 bits per heavy atom. The maximum Gasteiger partial charge on any atom is 0.171 e. The number of hydrogen-bond donors (Lipinski definition) is 1. The first-order valence-corrected chi connectivity index (χ1v) is 11.4. The molecule has 0 radical (unpaired) electrons. The minimum atomic E-state index is -0.457. The van der Waals surface area contributed by atoms with Crippen LogP contribution in [-0.2, 0) is 0 Å². The molecule has 28 heavy (non-hydrogen) atoms. The van der Waals surface area contributed by atoms with Gasteiger partial charge in [-0.05, 0) is 99.2 Å². The Morgan fingerprint density at radius 3 is 2.57 bits per heavy atom. The molecule has 0 unspecified atom stereocenters. The largest absolute Gasteiger partial charge is 0.390 e. The van der Waals surface area contributed by atoms with Crippen molar-refractivity contribution in [2.45, 2.75) is 90.1 Å². The monoisotopic (exact) mass is 385 g/mol. The van der Waals surface area contributed by atoms with E-state index in [2.05, 4.69) is 19.0 Å². The summed E-state index contributed by atoms with van der Waals surface area (Å²) in [6.07, 6.45) is 11.5. The van der Waals surface area contributed by atoms with Crippen LogP contribution in [0.2, 0.25) is 0 Å². The van der Waals surface area contributed by atoms with Gasteiger partial charge in [-0.3, -0.25) is 4.79 Å². The first-order valence-electron chi connectivity index (χ1n) is 11.4. The highest BCUT2D eigenvalue weighted by Crippen LogP contribution is 2.69. The number of fused-ring (bicyclic) bond motifs is 5. The van der Waals surface area contributed by atoms with Crippen LogP contribution >= 0.6 is 0 Å². The number of aliphatic hydroxyl groups is 1. The Morgan fingerprint density at radius 1 is 1.04 bits per heavy atom. The molecule has 1 N–H and O–H groups in total. The maximum atomic E-state index is 11.1. The van der Waals surface area contributed by atoms with Gasteiger partial charge in [-0.2, -0.15) is 0 Å². The SMILES string of the molecule is C[C@@]1(O)CC[C@@]2(C)[C@@H](CC[C@@H]3[C@@H]2CC[C@]2(C)[C@@H](c4cc(C=O)no4)CC[C@@H]32)C1. The summed E-state index contributed by atoms with van der Waals surface area (Å²) in [4.78, 5) is 11.1. The first-order chi connectivity index (χ1) is 13.3. The molecule has 4 heteroatoms. The number of aldehydes is 1. The van der Waals surface area contributed by atoms with Crippen molar-refractivity contribution in [1.29, 1.82) is 0 Å². The highest BCUT2D eigenvalue weighted by atomic mass is 16.5. The van der Waals surface area contributed by atoms with E-state index in [4.69, 9.17) is 4.52 Å². The van der Waals surface area contributed by atoms with Gasteiger partial charge in [0.05, 0.1) is 5.60 Å². The highest BCUT2D eigenvalue weighted by molar-refractivity contribution is 5.71. The van der Waals surface area contributed by atoms with Crippen molar-refractivity contribution in [2.75, 3.05) is 0 Å². The van der Waals surface area contributed by atoms with E-state index in [1.807, 2.05) is 13.0 Å². The van der Waals surface area contributed by atoms with Crippen molar-refractivity contribution in [3.8, 4) is 0 Å². The molecule has 4 aliphatic carbocycles. The predicted molar refractivity (Wildman–Crippen MR) is 107 cm³/mol. The number of nitrogens with zero attached hydrogens (tertiary/aromatic N) is 1. The van der Waals surface area contributed by atoms with Crippen molar-refractivity contribution in [2.24, 2.45) is 34.5 Å². The lowest BCUT2D eigenvalue weighted by atomic mass is 9.44. The van der Waals surface area contributed by atoms with Crippen LogP contribution in [0.25, 0.3) is 0 Å². The van der Waals surface area contributed by atoms with Gasteiger partial charge in [0.2, 0.25) is 0 Å². The van der Waals surface area contributed by atoms with Crippen LogP contribution in [0.4, 0.5) is 0 Å². The van der Waals surface area contributed by atoms with E-state index >= 15 is 0 Å². The maximum absolute atomic E-state index is 11.1. The standard InChI is InChI=1S/C24H35NO3/c1-22(27)10-11-23(2)15(13-22)4-5-17-18-6-7-20(21-12-16(14-26)25-28-21)24(18,3)9-8-19(17)23/h12,14-15,17-20,27H,4-11,13H2,1-3H3/t15-,17-,18-,19-,20+,22+,23-,24-/m0/s1. The first kappa shape index (κ1) is 18.8. The molecule has 0 aromatic carbocycles. The molecule has 0 aliphatic heterocycles. The minimum Gasteiger partial charge on any atom is -0.390 e. The van der Waals surface area contributed by atoms with Gasteiger partial charge in [-0.25, -0.2) is 0 Å². The average Bonchev–Trinajstić information content (AvgIpc) is 3.25.